The molecule has 1 aromatic carbocycles. The van der Waals surface area contributed by atoms with Crippen molar-refractivity contribution >= 4 is 12.4 Å². The number of nitrogens with two attached hydrogens (primary N) is 1. The molecule has 4 heteroatoms. The van der Waals surface area contributed by atoms with Gasteiger partial charge in [-0.1, -0.05) is 12.1 Å². The molecule has 0 aliphatic heterocycles. The molecule has 0 atom stereocenters. The normalized spacial score (nSPS) is 27.6. The van der Waals surface area contributed by atoms with E-state index in [4.69, 9.17) is 5.73 Å². The molecule has 3 N–H and O–H groups in total. The van der Waals surface area contributed by atoms with Gasteiger partial charge in [0, 0.05) is 6.54 Å². The van der Waals surface area contributed by atoms with Crippen LogP contribution in [0.5, 0.6) is 0 Å². The van der Waals surface area contributed by atoms with Gasteiger partial charge in [-0.05, 0) is 55.7 Å². The van der Waals surface area contributed by atoms with Crippen molar-refractivity contribution in [3.8, 4) is 0 Å². The fraction of sp³-hybridized carbons (Fsp3) is 0.571. The molecule has 18 heavy (non-hydrogen) atoms. The largest absolute Gasteiger partial charge is 0.389 e. The maximum Gasteiger partial charge on any atom is 0.123 e. The average Bonchev–Trinajstić information content (AvgIpc) is 2.35. The third-order valence-electron chi connectivity index (χ3n) is 3.85. The SMILES string of the molecule is Cl.NCC1(O)CCC(Cc2ccc(F)cc2)CC1. The Bertz CT molecular complexity index is 361. The predicted molar refractivity (Wildman–Crippen MR) is 73.3 cm³/mol. The lowest BCUT2D eigenvalue weighted by atomic mass is 9.77. The number of rotatable bonds is 3. The first-order valence-electron chi connectivity index (χ1n) is 6.28. The zero-order chi connectivity index (χ0) is 12.3. The van der Waals surface area contributed by atoms with Crippen LogP contribution in [0, 0.1) is 11.7 Å². The zero-order valence-electron chi connectivity index (χ0n) is 10.4. The minimum absolute atomic E-state index is 0. The quantitative estimate of drug-likeness (QED) is 0.889. The van der Waals surface area contributed by atoms with Crippen molar-refractivity contribution in [3.63, 3.8) is 0 Å². The van der Waals surface area contributed by atoms with E-state index in [9.17, 15) is 9.50 Å². The van der Waals surface area contributed by atoms with Crippen molar-refractivity contribution in [2.24, 2.45) is 11.7 Å². The Labute approximate surface area is 114 Å². The second-order valence-corrected chi connectivity index (χ2v) is 5.20. The number of hydrogen-bond donors (Lipinski definition) is 2. The Morgan fingerprint density at radius 2 is 1.78 bits per heavy atom. The number of benzene rings is 1. The fourth-order valence-corrected chi connectivity index (χ4v) is 2.58. The Hall–Kier alpha value is -0.640. The van der Waals surface area contributed by atoms with Crippen LogP contribution in [-0.4, -0.2) is 17.3 Å². The summed E-state index contributed by atoms with van der Waals surface area (Å²) in [7, 11) is 0. The van der Waals surface area contributed by atoms with Gasteiger partial charge in [0.2, 0.25) is 0 Å². The van der Waals surface area contributed by atoms with E-state index in [1.807, 2.05) is 12.1 Å². The number of hydrogen-bond acceptors (Lipinski definition) is 2. The molecule has 1 aliphatic rings. The van der Waals surface area contributed by atoms with Gasteiger partial charge in [-0.3, -0.25) is 0 Å². The molecule has 1 saturated carbocycles. The van der Waals surface area contributed by atoms with Crippen LogP contribution in [0.15, 0.2) is 24.3 Å². The smallest absolute Gasteiger partial charge is 0.123 e. The molecule has 102 valence electrons. The van der Waals surface area contributed by atoms with Gasteiger partial charge in [-0.15, -0.1) is 12.4 Å². The molecule has 0 aromatic heterocycles. The third kappa shape index (κ3) is 3.94. The lowest BCUT2D eigenvalue weighted by Gasteiger charge is -2.35. The average molecular weight is 274 g/mol. The van der Waals surface area contributed by atoms with Crippen molar-refractivity contribution in [1.29, 1.82) is 0 Å². The van der Waals surface area contributed by atoms with Crippen LogP contribution in [0.4, 0.5) is 4.39 Å². The molecule has 0 unspecified atom stereocenters. The summed E-state index contributed by atoms with van der Waals surface area (Å²) in [4.78, 5) is 0. The van der Waals surface area contributed by atoms with Crippen LogP contribution in [0.2, 0.25) is 0 Å². The highest BCUT2D eigenvalue weighted by Gasteiger charge is 2.31. The van der Waals surface area contributed by atoms with E-state index in [-0.39, 0.29) is 18.2 Å². The summed E-state index contributed by atoms with van der Waals surface area (Å²) in [6.45, 7) is 0.357. The summed E-state index contributed by atoms with van der Waals surface area (Å²) in [5, 5.41) is 10.0. The van der Waals surface area contributed by atoms with Crippen LogP contribution >= 0.6 is 12.4 Å². The minimum Gasteiger partial charge on any atom is -0.389 e. The van der Waals surface area contributed by atoms with Gasteiger partial charge < -0.3 is 10.8 Å². The van der Waals surface area contributed by atoms with Crippen molar-refractivity contribution in [1.82, 2.24) is 0 Å². The molecule has 0 amide bonds. The van der Waals surface area contributed by atoms with E-state index in [1.165, 1.54) is 17.7 Å². The van der Waals surface area contributed by atoms with Gasteiger partial charge in [0.05, 0.1) is 5.60 Å². The fourth-order valence-electron chi connectivity index (χ4n) is 2.58. The van der Waals surface area contributed by atoms with Crippen LogP contribution in [0.25, 0.3) is 0 Å². The van der Waals surface area contributed by atoms with Gasteiger partial charge in [0.1, 0.15) is 5.82 Å². The second kappa shape index (κ2) is 6.50. The van der Waals surface area contributed by atoms with Crippen molar-refractivity contribution in [3.05, 3.63) is 35.6 Å². The zero-order valence-corrected chi connectivity index (χ0v) is 11.3. The molecule has 2 nitrogen and oxygen atoms in total. The molecule has 1 aliphatic carbocycles. The van der Waals surface area contributed by atoms with Crippen LogP contribution in [0.1, 0.15) is 31.2 Å². The van der Waals surface area contributed by atoms with Crippen LogP contribution in [0.3, 0.4) is 0 Å². The molecular formula is C14H21ClFNO. The minimum atomic E-state index is -0.640. The first kappa shape index (κ1) is 15.4. The van der Waals surface area contributed by atoms with Crippen molar-refractivity contribution < 1.29 is 9.50 Å². The first-order valence-corrected chi connectivity index (χ1v) is 6.28. The number of aliphatic hydroxyl groups is 1. The van der Waals surface area contributed by atoms with E-state index in [2.05, 4.69) is 0 Å². The Morgan fingerprint density at radius 3 is 2.28 bits per heavy atom. The molecule has 0 spiro atoms. The van der Waals surface area contributed by atoms with E-state index in [1.54, 1.807) is 0 Å². The molecule has 0 heterocycles. The highest BCUT2D eigenvalue weighted by Crippen LogP contribution is 2.33. The topological polar surface area (TPSA) is 46.2 Å². The van der Waals surface area contributed by atoms with Gasteiger partial charge >= 0.3 is 0 Å². The van der Waals surface area contributed by atoms with Gasteiger partial charge in [0.25, 0.3) is 0 Å². The highest BCUT2D eigenvalue weighted by molar-refractivity contribution is 5.85. The van der Waals surface area contributed by atoms with Gasteiger partial charge in [-0.2, -0.15) is 0 Å². The third-order valence-corrected chi connectivity index (χ3v) is 3.85. The molecule has 1 aromatic rings. The maximum absolute atomic E-state index is 12.8. The molecule has 0 bridgehead atoms. The Balaban J connectivity index is 0.00000162. The summed E-state index contributed by atoms with van der Waals surface area (Å²) >= 11 is 0. The van der Waals surface area contributed by atoms with Crippen LogP contribution in [-0.2, 0) is 6.42 Å². The summed E-state index contributed by atoms with van der Waals surface area (Å²) in [5.41, 5.74) is 6.10. The second-order valence-electron chi connectivity index (χ2n) is 5.20. The lowest BCUT2D eigenvalue weighted by molar-refractivity contribution is -0.000913. The van der Waals surface area contributed by atoms with E-state index in [0.29, 0.717) is 12.5 Å². The predicted octanol–water partition coefficient (Wildman–Crippen LogP) is 2.67. The van der Waals surface area contributed by atoms with Crippen molar-refractivity contribution in [2.45, 2.75) is 37.7 Å². The van der Waals surface area contributed by atoms with Gasteiger partial charge in [0.15, 0.2) is 0 Å². The summed E-state index contributed by atoms with van der Waals surface area (Å²) < 4.78 is 12.8. The van der Waals surface area contributed by atoms with Gasteiger partial charge in [-0.25, -0.2) is 4.39 Å². The van der Waals surface area contributed by atoms with E-state index < -0.39 is 5.60 Å². The van der Waals surface area contributed by atoms with E-state index >= 15 is 0 Å². The maximum atomic E-state index is 12.8. The monoisotopic (exact) mass is 273 g/mol. The molecule has 1 fully saturated rings. The lowest BCUT2D eigenvalue weighted by Crippen LogP contribution is -2.41. The standard InChI is InChI=1S/C14H20FNO.ClH/c15-13-3-1-11(2-4-13)9-12-5-7-14(17,10-16)8-6-12;/h1-4,12,17H,5-10,16H2;1H. The number of halogens is 2. The Morgan fingerprint density at radius 1 is 1.22 bits per heavy atom. The highest BCUT2D eigenvalue weighted by atomic mass is 35.5. The summed E-state index contributed by atoms with van der Waals surface area (Å²) in [5.74, 6) is 0.405. The molecule has 0 saturated heterocycles. The van der Waals surface area contributed by atoms with Crippen molar-refractivity contribution in [2.75, 3.05) is 6.54 Å². The van der Waals surface area contributed by atoms with E-state index in [0.717, 1.165) is 32.1 Å². The molecular weight excluding hydrogens is 253 g/mol. The summed E-state index contributed by atoms with van der Waals surface area (Å²) in [6.07, 6.45) is 4.56. The summed E-state index contributed by atoms with van der Waals surface area (Å²) in [6, 6.07) is 6.71. The first-order chi connectivity index (χ1) is 8.11. The van der Waals surface area contributed by atoms with Crippen LogP contribution < -0.4 is 5.73 Å². The Kier molecular flexibility index (Phi) is 5.57. The molecule has 2 rings (SSSR count). The molecule has 0 radical (unpaired) electrons.